The van der Waals surface area contributed by atoms with Gasteiger partial charge in [-0.25, -0.2) is 9.89 Å². The molecule has 4 rings (SSSR count). The van der Waals surface area contributed by atoms with Crippen LogP contribution in [-0.2, 0) is 11.3 Å². The molecule has 142 valence electrons. The molecule has 0 radical (unpaired) electrons. The standard InChI is InChI=1S/C20H17N3O5/c1-11-3-4-12(7-14(11)17-6-5-13(10-24)28-17)23-8-15-18(21-22-19(15)25)16(9-23)20(26)27-2/h3-9,24H,10H2,1-2H3,(H,22,25). The van der Waals surface area contributed by atoms with Crippen molar-refractivity contribution in [2.75, 3.05) is 7.11 Å². The van der Waals surface area contributed by atoms with Gasteiger partial charge >= 0.3 is 5.97 Å². The first-order chi connectivity index (χ1) is 13.5. The van der Waals surface area contributed by atoms with E-state index in [0.29, 0.717) is 11.5 Å². The fourth-order valence-corrected chi connectivity index (χ4v) is 3.09. The predicted molar refractivity (Wildman–Crippen MR) is 101 cm³/mol. The minimum atomic E-state index is -0.586. The quantitative estimate of drug-likeness (QED) is 0.527. The number of methoxy groups -OCH3 is 1. The molecule has 0 spiro atoms. The molecule has 0 saturated heterocycles. The van der Waals surface area contributed by atoms with E-state index < -0.39 is 5.97 Å². The number of H-pyrrole nitrogens is 1. The number of pyridine rings is 1. The van der Waals surface area contributed by atoms with Crippen LogP contribution in [0.2, 0.25) is 0 Å². The summed E-state index contributed by atoms with van der Waals surface area (Å²) in [6.07, 6.45) is 3.19. The first kappa shape index (κ1) is 17.7. The van der Waals surface area contributed by atoms with Crippen LogP contribution < -0.4 is 5.56 Å². The topological polar surface area (TPSA) is 110 Å². The van der Waals surface area contributed by atoms with E-state index in [0.717, 1.165) is 16.8 Å². The van der Waals surface area contributed by atoms with Crippen molar-refractivity contribution in [1.82, 2.24) is 14.8 Å². The molecule has 0 unspecified atom stereocenters. The Hall–Kier alpha value is -3.65. The normalized spacial score (nSPS) is 11.1. The van der Waals surface area contributed by atoms with E-state index in [1.165, 1.54) is 7.11 Å². The molecule has 2 aliphatic rings. The molecule has 0 saturated carbocycles. The molecular formula is C20H17N3O5. The molecule has 2 aromatic rings. The van der Waals surface area contributed by atoms with Crippen molar-refractivity contribution in [2.45, 2.75) is 13.5 Å². The number of aliphatic hydroxyl groups is 1. The van der Waals surface area contributed by atoms with Gasteiger partial charge in [0, 0.05) is 23.6 Å². The van der Waals surface area contributed by atoms with Crippen molar-refractivity contribution in [3.8, 4) is 28.3 Å². The zero-order valence-corrected chi connectivity index (χ0v) is 15.2. The number of fused-ring (bicyclic) bond motifs is 1. The highest BCUT2D eigenvalue weighted by molar-refractivity contribution is 5.96. The number of aromatic amines is 1. The second kappa shape index (κ2) is 6.82. The third-order valence-electron chi connectivity index (χ3n) is 4.57. The lowest BCUT2D eigenvalue weighted by molar-refractivity contribution is 0.0600. The number of carbonyl (C=O) groups excluding carboxylic acids is 1. The summed E-state index contributed by atoms with van der Waals surface area (Å²) in [5.41, 5.74) is 2.87. The van der Waals surface area contributed by atoms with Crippen molar-refractivity contribution < 1.29 is 19.1 Å². The fourth-order valence-electron chi connectivity index (χ4n) is 3.09. The smallest absolute Gasteiger partial charge is 0.341 e. The van der Waals surface area contributed by atoms with Crippen LogP contribution in [0.1, 0.15) is 21.7 Å². The van der Waals surface area contributed by atoms with Gasteiger partial charge in [-0.3, -0.25) is 4.79 Å². The van der Waals surface area contributed by atoms with E-state index in [9.17, 15) is 14.7 Å². The maximum atomic E-state index is 12.2. The van der Waals surface area contributed by atoms with Gasteiger partial charge < -0.3 is 18.8 Å². The lowest BCUT2D eigenvalue weighted by Crippen LogP contribution is -2.11. The number of furan rings is 1. The van der Waals surface area contributed by atoms with Crippen molar-refractivity contribution in [2.24, 2.45) is 0 Å². The van der Waals surface area contributed by atoms with Gasteiger partial charge in [0.15, 0.2) is 0 Å². The van der Waals surface area contributed by atoms with E-state index in [2.05, 4.69) is 10.2 Å². The summed E-state index contributed by atoms with van der Waals surface area (Å²) < 4.78 is 12.1. The summed E-state index contributed by atoms with van der Waals surface area (Å²) in [5.74, 6) is 0.499. The predicted octanol–water partition coefficient (Wildman–Crippen LogP) is 2.51. The number of aliphatic hydroxyl groups excluding tert-OH is 1. The van der Waals surface area contributed by atoms with E-state index in [1.807, 2.05) is 25.1 Å². The number of hydrogen-bond acceptors (Lipinski definition) is 6. The van der Waals surface area contributed by atoms with Crippen molar-refractivity contribution >= 4 is 5.97 Å². The average Bonchev–Trinajstić information content (AvgIpc) is 3.34. The van der Waals surface area contributed by atoms with Gasteiger partial charge in [-0.2, -0.15) is 5.10 Å². The van der Waals surface area contributed by atoms with E-state index in [1.54, 1.807) is 29.1 Å². The molecule has 0 amide bonds. The number of aromatic nitrogens is 3. The van der Waals surface area contributed by atoms with Crippen LogP contribution in [-0.4, -0.2) is 33.0 Å². The monoisotopic (exact) mass is 379 g/mol. The Labute approximate surface area is 159 Å². The summed E-state index contributed by atoms with van der Waals surface area (Å²) in [6, 6.07) is 9.16. The van der Waals surface area contributed by atoms with Crippen molar-refractivity contribution in [3.05, 3.63) is 70.0 Å². The van der Waals surface area contributed by atoms with Crippen LogP contribution in [0.4, 0.5) is 0 Å². The van der Waals surface area contributed by atoms with Crippen LogP contribution >= 0.6 is 0 Å². The third kappa shape index (κ3) is 2.89. The van der Waals surface area contributed by atoms with Crippen molar-refractivity contribution in [1.29, 1.82) is 0 Å². The highest BCUT2D eigenvalue weighted by Gasteiger charge is 2.22. The van der Waals surface area contributed by atoms with Gasteiger partial charge in [-0.05, 0) is 36.8 Å². The number of rotatable bonds is 4. The van der Waals surface area contributed by atoms with Crippen LogP contribution in [0.15, 0.2) is 51.9 Å². The molecule has 1 aromatic carbocycles. The summed E-state index contributed by atoms with van der Waals surface area (Å²) in [6.45, 7) is 1.76. The number of aryl methyl sites for hydroxylation is 1. The number of ether oxygens (including phenoxy) is 1. The summed E-state index contributed by atoms with van der Waals surface area (Å²) >= 11 is 0. The number of benzene rings is 1. The highest BCUT2D eigenvalue weighted by atomic mass is 16.5. The zero-order valence-electron chi connectivity index (χ0n) is 15.2. The minimum Gasteiger partial charge on any atom is -0.465 e. The molecule has 2 N–H and O–H groups in total. The molecule has 28 heavy (non-hydrogen) atoms. The SMILES string of the molecule is COC(=O)c1cn(-c2ccc(C)c(-c3ccc(CO)o3)c2)cc2c(=O)[nH]nc1-2. The Morgan fingerprint density at radius 2 is 2.07 bits per heavy atom. The molecule has 2 aliphatic heterocycles. The van der Waals surface area contributed by atoms with Crippen molar-refractivity contribution in [3.63, 3.8) is 0 Å². The van der Waals surface area contributed by atoms with Crippen LogP contribution in [0, 0.1) is 6.92 Å². The van der Waals surface area contributed by atoms with Gasteiger partial charge in [-0.1, -0.05) is 6.07 Å². The molecule has 0 atom stereocenters. The van der Waals surface area contributed by atoms with E-state index in [-0.39, 0.29) is 29.0 Å². The van der Waals surface area contributed by atoms with Crippen LogP contribution in [0.5, 0.6) is 0 Å². The number of esters is 1. The van der Waals surface area contributed by atoms with Gasteiger partial charge in [0.25, 0.3) is 5.56 Å². The molecule has 8 nitrogen and oxygen atoms in total. The Kier molecular flexibility index (Phi) is 4.32. The minimum absolute atomic E-state index is 0.181. The maximum absolute atomic E-state index is 12.2. The fraction of sp³-hybridized carbons (Fsp3) is 0.150. The van der Waals surface area contributed by atoms with Gasteiger partial charge in [0.2, 0.25) is 0 Å². The molecule has 0 aliphatic carbocycles. The van der Waals surface area contributed by atoms with Gasteiger partial charge in [-0.15, -0.1) is 0 Å². The molecule has 3 heterocycles. The Morgan fingerprint density at radius 3 is 2.79 bits per heavy atom. The van der Waals surface area contributed by atoms with E-state index >= 15 is 0 Å². The summed E-state index contributed by atoms with van der Waals surface area (Å²) in [4.78, 5) is 24.2. The second-order valence-corrected chi connectivity index (χ2v) is 6.31. The number of carbonyl (C=O) groups is 1. The largest absolute Gasteiger partial charge is 0.465 e. The zero-order chi connectivity index (χ0) is 19.8. The Bertz CT molecular complexity index is 1200. The van der Waals surface area contributed by atoms with Crippen LogP contribution in [0.3, 0.4) is 0 Å². The molecule has 8 heteroatoms. The first-order valence-electron chi connectivity index (χ1n) is 8.51. The Balaban J connectivity index is 1.89. The summed E-state index contributed by atoms with van der Waals surface area (Å²) in [7, 11) is 1.27. The number of hydrogen-bond donors (Lipinski definition) is 2. The molecule has 1 aromatic heterocycles. The summed E-state index contributed by atoms with van der Waals surface area (Å²) in [5, 5.41) is 15.5. The van der Waals surface area contributed by atoms with E-state index in [4.69, 9.17) is 9.15 Å². The third-order valence-corrected chi connectivity index (χ3v) is 4.57. The number of nitrogens with one attached hydrogen (secondary N) is 1. The maximum Gasteiger partial charge on any atom is 0.341 e. The van der Waals surface area contributed by atoms with Crippen LogP contribution in [0.25, 0.3) is 28.3 Å². The second-order valence-electron chi connectivity index (χ2n) is 6.31. The molecule has 0 fully saturated rings. The van der Waals surface area contributed by atoms with Gasteiger partial charge in [0.1, 0.15) is 29.4 Å². The Morgan fingerprint density at radius 1 is 1.25 bits per heavy atom. The van der Waals surface area contributed by atoms with Gasteiger partial charge in [0.05, 0.1) is 12.7 Å². The highest BCUT2D eigenvalue weighted by Crippen LogP contribution is 2.29. The lowest BCUT2D eigenvalue weighted by Gasteiger charge is -2.13. The average molecular weight is 379 g/mol. The lowest BCUT2D eigenvalue weighted by atomic mass is 10.0. The molecule has 0 bridgehead atoms. The first-order valence-corrected chi connectivity index (χ1v) is 8.51. The molecular weight excluding hydrogens is 362 g/mol. The number of nitrogens with zero attached hydrogens (tertiary/aromatic N) is 2.